The Morgan fingerprint density at radius 3 is 2.31 bits per heavy atom. The molecule has 0 aromatic rings. The second-order valence-corrected chi connectivity index (χ2v) is 2.99. The minimum atomic E-state index is -4.74. The lowest BCUT2D eigenvalue weighted by Gasteiger charge is -2.19. The van der Waals surface area contributed by atoms with E-state index in [0.717, 1.165) is 0 Å². The number of rotatable bonds is 3. The molecule has 0 aliphatic heterocycles. The number of ether oxygens (including phenoxy) is 1. The molecule has 5 nitrogen and oxygen atoms in total. The van der Waals surface area contributed by atoms with Gasteiger partial charge in [-0.05, 0) is 11.1 Å². The van der Waals surface area contributed by atoms with Crippen molar-refractivity contribution < 1.29 is 31.5 Å². The van der Waals surface area contributed by atoms with E-state index < -0.39 is 35.2 Å². The average Bonchev–Trinajstić information content (AvgIpc) is 1.81. The molecule has 0 saturated heterocycles. The van der Waals surface area contributed by atoms with Crippen molar-refractivity contribution in [1.29, 1.82) is 0 Å². The fourth-order valence-corrected chi connectivity index (χ4v) is 0.966. The van der Waals surface area contributed by atoms with Gasteiger partial charge in [0.05, 0.1) is 6.42 Å². The first-order valence-corrected chi connectivity index (χ1v) is 3.97. The molecule has 2 unspecified atom stereocenters. The van der Waals surface area contributed by atoms with E-state index in [0.29, 0.717) is 0 Å². The Kier molecular flexibility index (Phi) is 4.14. The maximum atomic E-state index is 11.6. The third-order valence-corrected chi connectivity index (χ3v) is 1.55. The van der Waals surface area contributed by atoms with Crippen LogP contribution in [0.3, 0.4) is 0 Å². The molecule has 0 radical (unpaired) electrons. The van der Waals surface area contributed by atoms with Gasteiger partial charge in [-0.2, -0.15) is 13.2 Å². The van der Waals surface area contributed by atoms with Crippen molar-refractivity contribution >= 4 is 17.2 Å². The van der Waals surface area contributed by atoms with Crippen molar-refractivity contribution in [3.63, 3.8) is 0 Å². The van der Waals surface area contributed by atoms with Crippen LogP contribution in [0.25, 0.3) is 0 Å². The molecule has 0 aromatic heterocycles. The largest absolute Gasteiger partial charge is 0.770 e. The second kappa shape index (κ2) is 4.42. The maximum Gasteiger partial charge on any atom is 0.405 e. The summed E-state index contributed by atoms with van der Waals surface area (Å²) in [7, 11) is 0. The highest BCUT2D eigenvalue weighted by Gasteiger charge is 2.34. The summed E-state index contributed by atoms with van der Waals surface area (Å²) in [5.41, 5.74) is 2.07. The molecule has 0 saturated carbocycles. The Bertz CT molecular complexity index is 218. The summed E-state index contributed by atoms with van der Waals surface area (Å²) in [5.74, 6) is 0. The number of nitrogens with two attached hydrogens (primary N) is 1. The van der Waals surface area contributed by atoms with Crippen LogP contribution in [-0.2, 0) is 15.8 Å². The smallest absolute Gasteiger partial charge is 0.405 e. The Morgan fingerprint density at radius 1 is 1.62 bits per heavy atom. The molecule has 0 aliphatic carbocycles. The van der Waals surface area contributed by atoms with Gasteiger partial charge in [0, 0.05) is 0 Å². The number of alkyl halides is 3. The van der Waals surface area contributed by atoms with E-state index >= 15 is 0 Å². The van der Waals surface area contributed by atoms with Crippen LogP contribution in [0.15, 0.2) is 0 Å². The molecule has 0 aliphatic rings. The van der Waals surface area contributed by atoms with E-state index in [2.05, 4.69) is 10.5 Å². The number of carbonyl (C=O) groups is 1. The lowest BCUT2D eigenvalue weighted by molar-refractivity contribution is -0.145. The summed E-state index contributed by atoms with van der Waals surface area (Å²) in [5, 5.41) is 0. The Labute approximate surface area is 73.3 Å². The first-order valence-electron chi connectivity index (χ1n) is 2.83. The number of primary amides is 1. The molecule has 2 N–H and O–H groups in total. The highest BCUT2D eigenvalue weighted by Crippen LogP contribution is 2.23. The number of halogens is 3. The molecule has 78 valence electrons. The van der Waals surface area contributed by atoms with Crippen molar-refractivity contribution in [1.82, 2.24) is 0 Å². The zero-order valence-corrected chi connectivity index (χ0v) is 6.85. The van der Waals surface area contributed by atoms with E-state index in [1.54, 1.807) is 0 Å². The normalized spacial score (nSPS) is 16.3. The predicted molar refractivity (Wildman–Crippen MR) is 34.0 cm³/mol. The highest BCUT2D eigenvalue weighted by atomic mass is 32.2. The van der Waals surface area contributed by atoms with Gasteiger partial charge in [0.2, 0.25) is 0 Å². The topological polar surface area (TPSA) is 92.5 Å². The van der Waals surface area contributed by atoms with Gasteiger partial charge in [-0.1, -0.05) is 0 Å². The fraction of sp³-hybridized carbons (Fsp3) is 0.750. The molecule has 2 atom stereocenters. The molecular weight excluding hydrogens is 215 g/mol. The van der Waals surface area contributed by atoms with E-state index in [4.69, 9.17) is 0 Å². The maximum absolute atomic E-state index is 11.6. The SMILES string of the molecule is NC(=O)OC(CC(F)(F)F)S(=O)[O-]. The summed E-state index contributed by atoms with van der Waals surface area (Å²) in [6, 6.07) is 0. The van der Waals surface area contributed by atoms with Gasteiger partial charge in [0.15, 0.2) is 5.44 Å². The van der Waals surface area contributed by atoms with Gasteiger partial charge in [-0.25, -0.2) is 4.79 Å². The first-order chi connectivity index (χ1) is 5.72. The lowest BCUT2D eigenvalue weighted by atomic mass is 10.4. The van der Waals surface area contributed by atoms with Crippen molar-refractivity contribution in [2.45, 2.75) is 18.0 Å². The first kappa shape index (κ1) is 12.2. The van der Waals surface area contributed by atoms with Crippen LogP contribution in [0, 0.1) is 0 Å². The monoisotopic (exact) mass is 220 g/mol. The summed E-state index contributed by atoms with van der Waals surface area (Å²) in [6.45, 7) is 0. The van der Waals surface area contributed by atoms with Crippen molar-refractivity contribution in [2.24, 2.45) is 5.73 Å². The minimum Gasteiger partial charge on any atom is -0.770 e. The average molecular weight is 220 g/mol. The zero-order chi connectivity index (χ0) is 10.6. The molecule has 13 heavy (non-hydrogen) atoms. The standard InChI is InChI=1S/C4H6F3NO4S/c5-4(6,7)1-2(13(10)11)12-3(8)9/h2H,1H2,(H2,8,9)(H,10,11)/p-1. The number of carbonyl (C=O) groups excluding carboxylic acids is 1. The van der Waals surface area contributed by atoms with Crippen LogP contribution < -0.4 is 5.73 Å². The quantitative estimate of drug-likeness (QED) is 0.689. The Balaban J connectivity index is 4.27. The third-order valence-electron chi connectivity index (χ3n) is 0.860. The van der Waals surface area contributed by atoms with Gasteiger partial charge in [0.1, 0.15) is 0 Å². The summed E-state index contributed by atoms with van der Waals surface area (Å²) >= 11 is -3.16. The third kappa shape index (κ3) is 6.34. The van der Waals surface area contributed by atoms with Crippen LogP contribution in [0.1, 0.15) is 6.42 Å². The fourth-order valence-electron chi connectivity index (χ4n) is 0.468. The van der Waals surface area contributed by atoms with Gasteiger partial charge < -0.3 is 15.0 Å². The summed E-state index contributed by atoms with van der Waals surface area (Å²) in [6.07, 6.45) is -8.08. The molecule has 0 rings (SSSR count). The van der Waals surface area contributed by atoms with Crippen LogP contribution in [0.5, 0.6) is 0 Å². The second-order valence-electron chi connectivity index (χ2n) is 1.95. The van der Waals surface area contributed by atoms with E-state index in [1.807, 2.05) is 0 Å². The van der Waals surface area contributed by atoms with Crippen molar-refractivity contribution in [3.8, 4) is 0 Å². The van der Waals surface area contributed by atoms with Crippen LogP contribution >= 0.6 is 0 Å². The number of hydrogen-bond donors (Lipinski definition) is 1. The predicted octanol–water partition coefficient (Wildman–Crippen LogP) is 0.239. The molecule has 0 aromatic carbocycles. The van der Waals surface area contributed by atoms with Crippen molar-refractivity contribution in [2.75, 3.05) is 0 Å². The van der Waals surface area contributed by atoms with Crippen LogP contribution in [-0.4, -0.2) is 26.5 Å². The number of amides is 1. The van der Waals surface area contributed by atoms with E-state index in [1.165, 1.54) is 0 Å². The molecule has 9 heteroatoms. The van der Waals surface area contributed by atoms with Gasteiger partial charge in [-0.3, -0.25) is 4.21 Å². The van der Waals surface area contributed by atoms with Gasteiger partial charge in [0.25, 0.3) is 0 Å². The summed E-state index contributed by atoms with van der Waals surface area (Å²) in [4.78, 5) is 9.96. The highest BCUT2D eigenvalue weighted by molar-refractivity contribution is 7.79. The molecule has 0 spiro atoms. The van der Waals surface area contributed by atoms with Crippen molar-refractivity contribution in [3.05, 3.63) is 0 Å². The Hall–Kier alpha value is -0.830. The van der Waals surface area contributed by atoms with E-state index in [-0.39, 0.29) is 0 Å². The Morgan fingerprint density at radius 2 is 2.08 bits per heavy atom. The molecule has 0 bridgehead atoms. The molecule has 0 heterocycles. The van der Waals surface area contributed by atoms with Gasteiger partial charge in [-0.15, -0.1) is 0 Å². The summed E-state index contributed by atoms with van der Waals surface area (Å²) < 4.78 is 58.7. The lowest BCUT2D eigenvalue weighted by Crippen LogP contribution is -2.31. The molecule has 1 amide bonds. The van der Waals surface area contributed by atoms with E-state index in [9.17, 15) is 26.7 Å². The molecular formula is C4H5F3NO4S-. The van der Waals surface area contributed by atoms with Crippen LogP contribution in [0.4, 0.5) is 18.0 Å². The van der Waals surface area contributed by atoms with Gasteiger partial charge >= 0.3 is 12.3 Å². The number of hydrogen-bond acceptors (Lipinski definition) is 4. The van der Waals surface area contributed by atoms with Crippen LogP contribution in [0.2, 0.25) is 0 Å². The zero-order valence-electron chi connectivity index (χ0n) is 6.04. The minimum absolute atomic E-state index is 1.57. The molecule has 0 fully saturated rings.